The summed E-state index contributed by atoms with van der Waals surface area (Å²) in [6.07, 6.45) is 3.64. The Hall–Kier alpha value is -2.54. The van der Waals surface area contributed by atoms with Gasteiger partial charge in [0.2, 0.25) is 11.8 Å². The number of rotatable bonds is 2. The van der Waals surface area contributed by atoms with Crippen LogP contribution in [0.25, 0.3) is 0 Å². The highest BCUT2D eigenvalue weighted by atomic mass is 16.5. The summed E-state index contributed by atoms with van der Waals surface area (Å²) >= 11 is 0. The molecule has 25 heavy (non-hydrogen) atoms. The number of aromatic nitrogens is 2. The first-order chi connectivity index (χ1) is 12.0. The zero-order valence-electron chi connectivity index (χ0n) is 14.1. The lowest BCUT2D eigenvalue weighted by Gasteiger charge is -2.27. The molecule has 1 unspecified atom stereocenters. The number of fused-ring (bicyclic) bond motifs is 1. The van der Waals surface area contributed by atoms with Crippen molar-refractivity contribution in [2.24, 2.45) is 0 Å². The summed E-state index contributed by atoms with van der Waals surface area (Å²) in [6, 6.07) is 7.44. The minimum atomic E-state index is -0.257. The predicted octanol–water partition coefficient (Wildman–Crippen LogP) is 1.71. The Morgan fingerprint density at radius 1 is 1.20 bits per heavy atom. The maximum atomic E-state index is 9.64. The molecule has 132 valence electrons. The van der Waals surface area contributed by atoms with Gasteiger partial charge in [-0.25, -0.2) is 0 Å². The molecule has 7 nitrogen and oxygen atoms in total. The third-order valence-corrected chi connectivity index (χ3v) is 5.14. The van der Waals surface area contributed by atoms with E-state index in [1.54, 1.807) is 6.07 Å². The van der Waals surface area contributed by atoms with Crippen LogP contribution in [0.3, 0.4) is 0 Å². The van der Waals surface area contributed by atoms with Gasteiger partial charge < -0.3 is 21.3 Å². The summed E-state index contributed by atoms with van der Waals surface area (Å²) in [5.74, 6) is 1.45. The maximum absolute atomic E-state index is 9.64. The van der Waals surface area contributed by atoms with Crippen LogP contribution in [0, 0.1) is 0 Å². The van der Waals surface area contributed by atoms with Crippen LogP contribution in [-0.2, 0) is 13.0 Å². The van der Waals surface area contributed by atoms with Gasteiger partial charge in [0.15, 0.2) is 0 Å². The number of nitrogens with two attached hydrogens (primary N) is 2. The number of nitrogens with zero attached hydrogens (tertiary/aromatic N) is 3. The minimum Gasteiger partial charge on any atom is -0.508 e. The Kier molecular flexibility index (Phi) is 3.88. The van der Waals surface area contributed by atoms with Gasteiger partial charge in [-0.15, -0.1) is 0 Å². The van der Waals surface area contributed by atoms with Crippen molar-refractivity contribution < 1.29 is 9.84 Å². The molecule has 1 aromatic carbocycles. The fourth-order valence-corrected chi connectivity index (χ4v) is 3.88. The molecule has 0 amide bonds. The largest absolute Gasteiger partial charge is 0.508 e. The number of aromatic hydroxyl groups is 1. The molecule has 0 radical (unpaired) electrons. The molecule has 0 saturated carbocycles. The average Bonchev–Trinajstić information content (AvgIpc) is 2.80. The Balaban J connectivity index is 1.46. The molecule has 0 aliphatic carbocycles. The zero-order chi connectivity index (χ0) is 17.4. The Labute approximate surface area is 146 Å². The molecule has 1 spiro atoms. The molecule has 1 aromatic heterocycles. The standard InChI is InChI=1S/C18H23N5O2/c19-15-14-10-18(25-16(14)22-17(20)21-15)5-2-7-23(8-6-18)11-12-3-1-4-13(24)9-12/h1,3-4,9,24H,2,5-8,10-11H2,(H4,19,20,21,22). The van der Waals surface area contributed by atoms with Crippen molar-refractivity contribution in [2.45, 2.75) is 37.8 Å². The molecule has 1 saturated heterocycles. The van der Waals surface area contributed by atoms with E-state index in [9.17, 15) is 5.11 Å². The van der Waals surface area contributed by atoms with Gasteiger partial charge in [0.1, 0.15) is 17.2 Å². The number of hydrogen-bond acceptors (Lipinski definition) is 7. The van der Waals surface area contributed by atoms with Crippen LogP contribution in [0.1, 0.15) is 30.4 Å². The number of phenols is 1. The molecule has 7 heteroatoms. The van der Waals surface area contributed by atoms with Crippen LogP contribution >= 0.6 is 0 Å². The van der Waals surface area contributed by atoms with Crippen LogP contribution in [-0.4, -0.2) is 38.7 Å². The van der Waals surface area contributed by atoms with E-state index < -0.39 is 0 Å². The SMILES string of the molecule is Nc1nc(N)c2c(n1)OC1(CCCN(Cc3cccc(O)c3)CC1)C2. The smallest absolute Gasteiger partial charge is 0.225 e. The van der Waals surface area contributed by atoms with E-state index in [0.717, 1.165) is 56.4 Å². The quantitative estimate of drug-likeness (QED) is 0.762. The van der Waals surface area contributed by atoms with Gasteiger partial charge in [-0.05, 0) is 37.1 Å². The number of nitrogen functional groups attached to an aromatic ring is 2. The van der Waals surface area contributed by atoms with Gasteiger partial charge in [-0.2, -0.15) is 9.97 Å². The number of hydrogen-bond donors (Lipinski definition) is 3. The van der Waals surface area contributed by atoms with Crippen molar-refractivity contribution in [2.75, 3.05) is 24.6 Å². The van der Waals surface area contributed by atoms with E-state index in [2.05, 4.69) is 14.9 Å². The van der Waals surface area contributed by atoms with E-state index in [1.807, 2.05) is 18.2 Å². The first kappa shape index (κ1) is 16.0. The lowest BCUT2D eigenvalue weighted by molar-refractivity contribution is 0.0728. The van der Waals surface area contributed by atoms with Crippen LogP contribution < -0.4 is 16.2 Å². The van der Waals surface area contributed by atoms with Crippen molar-refractivity contribution in [3.63, 3.8) is 0 Å². The van der Waals surface area contributed by atoms with Crippen LogP contribution in [0.15, 0.2) is 24.3 Å². The number of ether oxygens (including phenoxy) is 1. The van der Waals surface area contributed by atoms with E-state index in [1.165, 1.54) is 0 Å². The monoisotopic (exact) mass is 341 g/mol. The second kappa shape index (κ2) is 6.07. The van der Waals surface area contributed by atoms with Crippen LogP contribution in [0.2, 0.25) is 0 Å². The summed E-state index contributed by atoms with van der Waals surface area (Å²) in [5.41, 5.74) is 13.4. The van der Waals surface area contributed by atoms with Crippen molar-refractivity contribution in [1.82, 2.24) is 14.9 Å². The Bertz CT molecular complexity index is 797. The van der Waals surface area contributed by atoms with E-state index >= 15 is 0 Å². The number of anilines is 2. The van der Waals surface area contributed by atoms with E-state index in [4.69, 9.17) is 16.2 Å². The maximum Gasteiger partial charge on any atom is 0.225 e. The topological polar surface area (TPSA) is 111 Å². The third kappa shape index (κ3) is 3.19. The average molecular weight is 341 g/mol. The second-order valence-electron chi connectivity index (χ2n) is 7.01. The first-order valence-corrected chi connectivity index (χ1v) is 8.64. The second-order valence-corrected chi connectivity index (χ2v) is 7.01. The third-order valence-electron chi connectivity index (χ3n) is 5.14. The zero-order valence-corrected chi connectivity index (χ0v) is 14.1. The molecule has 1 fully saturated rings. The van der Waals surface area contributed by atoms with Crippen LogP contribution in [0.5, 0.6) is 11.6 Å². The predicted molar refractivity (Wildman–Crippen MR) is 95.2 cm³/mol. The van der Waals surface area contributed by atoms with Crippen LogP contribution in [0.4, 0.5) is 11.8 Å². The highest BCUT2D eigenvalue weighted by Gasteiger charge is 2.42. The summed E-state index contributed by atoms with van der Waals surface area (Å²) < 4.78 is 6.22. The molecule has 2 aliphatic rings. The van der Waals surface area contributed by atoms with Crippen molar-refractivity contribution in [1.29, 1.82) is 0 Å². The molecular formula is C18H23N5O2. The fourth-order valence-electron chi connectivity index (χ4n) is 3.88. The molecule has 2 aromatic rings. The number of benzene rings is 1. The summed E-state index contributed by atoms with van der Waals surface area (Å²) in [4.78, 5) is 10.7. The lowest BCUT2D eigenvalue weighted by atomic mass is 9.90. The summed E-state index contributed by atoms with van der Waals surface area (Å²) in [5, 5.41) is 9.64. The van der Waals surface area contributed by atoms with Gasteiger partial charge in [0.25, 0.3) is 0 Å². The van der Waals surface area contributed by atoms with Gasteiger partial charge >= 0.3 is 0 Å². The Morgan fingerprint density at radius 3 is 2.92 bits per heavy atom. The first-order valence-electron chi connectivity index (χ1n) is 8.64. The van der Waals surface area contributed by atoms with Crippen molar-refractivity contribution in [3.8, 4) is 11.6 Å². The molecule has 3 heterocycles. The molecule has 4 rings (SSSR count). The molecule has 2 aliphatic heterocycles. The fraction of sp³-hybridized carbons (Fsp3) is 0.444. The molecule has 0 bridgehead atoms. The Morgan fingerprint density at radius 2 is 2.08 bits per heavy atom. The van der Waals surface area contributed by atoms with Gasteiger partial charge in [0.05, 0.1) is 5.56 Å². The van der Waals surface area contributed by atoms with Gasteiger partial charge in [-0.3, -0.25) is 4.90 Å². The van der Waals surface area contributed by atoms with E-state index in [0.29, 0.717) is 17.4 Å². The minimum absolute atomic E-state index is 0.160. The number of likely N-dealkylation sites (tertiary alicyclic amines) is 1. The normalized spacial score (nSPS) is 23.2. The van der Waals surface area contributed by atoms with E-state index in [-0.39, 0.29) is 11.5 Å². The molecular weight excluding hydrogens is 318 g/mol. The molecule has 5 N–H and O–H groups in total. The lowest BCUT2D eigenvalue weighted by Crippen LogP contribution is -2.36. The van der Waals surface area contributed by atoms with Crippen molar-refractivity contribution >= 4 is 11.8 Å². The highest BCUT2D eigenvalue weighted by Crippen LogP contribution is 2.42. The molecule has 1 atom stereocenters. The van der Waals surface area contributed by atoms with Gasteiger partial charge in [-0.1, -0.05) is 12.1 Å². The summed E-state index contributed by atoms with van der Waals surface area (Å²) in [6.45, 7) is 2.75. The summed E-state index contributed by atoms with van der Waals surface area (Å²) in [7, 11) is 0. The number of phenolic OH excluding ortho intramolecular Hbond substituents is 1. The van der Waals surface area contributed by atoms with Gasteiger partial charge in [0, 0.05) is 25.9 Å². The highest BCUT2D eigenvalue weighted by molar-refractivity contribution is 5.52. The van der Waals surface area contributed by atoms with Crippen molar-refractivity contribution in [3.05, 3.63) is 35.4 Å².